The molecule has 4 heteroatoms. The topological polar surface area (TPSA) is 34.0 Å². The summed E-state index contributed by atoms with van der Waals surface area (Å²) >= 11 is 0. The molecule has 3 aromatic rings. The molecule has 0 N–H and O–H groups in total. The minimum atomic E-state index is 0.525. The van der Waals surface area contributed by atoms with Gasteiger partial charge in [0, 0.05) is 30.9 Å². The van der Waals surface area contributed by atoms with Crippen LogP contribution in [0, 0.1) is 0 Å². The standard InChI is InChI=1S/C17H18N4/c1-2-5-16-14(4-1)6-7-17(19-16)20-12-8-15(9-13-20)21-11-3-10-18-21/h1-7,10-11,15H,8-9,12-13H2. The molecule has 1 aromatic carbocycles. The van der Waals surface area contributed by atoms with E-state index in [1.807, 2.05) is 18.3 Å². The second-order valence-corrected chi connectivity index (χ2v) is 5.57. The van der Waals surface area contributed by atoms with E-state index in [0.717, 1.165) is 37.3 Å². The summed E-state index contributed by atoms with van der Waals surface area (Å²) < 4.78 is 2.09. The smallest absolute Gasteiger partial charge is 0.129 e. The number of nitrogens with zero attached hydrogens (tertiary/aromatic N) is 4. The minimum absolute atomic E-state index is 0.525. The number of benzene rings is 1. The van der Waals surface area contributed by atoms with Gasteiger partial charge in [0.1, 0.15) is 5.82 Å². The van der Waals surface area contributed by atoms with Crippen molar-refractivity contribution in [3.8, 4) is 0 Å². The van der Waals surface area contributed by atoms with Crippen LogP contribution in [0.5, 0.6) is 0 Å². The number of fused-ring (bicyclic) bond motifs is 1. The van der Waals surface area contributed by atoms with Gasteiger partial charge in [0.2, 0.25) is 0 Å². The molecule has 0 aliphatic carbocycles. The maximum absolute atomic E-state index is 4.79. The predicted octanol–water partition coefficient (Wildman–Crippen LogP) is 3.27. The van der Waals surface area contributed by atoms with E-state index in [9.17, 15) is 0 Å². The summed E-state index contributed by atoms with van der Waals surface area (Å²) in [6, 6.07) is 15.1. The summed E-state index contributed by atoms with van der Waals surface area (Å²) in [5.41, 5.74) is 1.07. The van der Waals surface area contributed by atoms with Crippen molar-refractivity contribution in [2.45, 2.75) is 18.9 Å². The van der Waals surface area contributed by atoms with Crippen LogP contribution in [0.15, 0.2) is 54.9 Å². The molecule has 4 nitrogen and oxygen atoms in total. The lowest BCUT2D eigenvalue weighted by Crippen LogP contribution is -2.35. The molecule has 0 amide bonds. The van der Waals surface area contributed by atoms with E-state index in [-0.39, 0.29) is 0 Å². The van der Waals surface area contributed by atoms with E-state index in [4.69, 9.17) is 4.98 Å². The van der Waals surface area contributed by atoms with Crippen molar-refractivity contribution in [3.05, 3.63) is 54.9 Å². The van der Waals surface area contributed by atoms with Crippen LogP contribution in [0.3, 0.4) is 0 Å². The van der Waals surface area contributed by atoms with Gasteiger partial charge in [-0.05, 0) is 37.1 Å². The minimum Gasteiger partial charge on any atom is -0.356 e. The van der Waals surface area contributed by atoms with Crippen LogP contribution >= 0.6 is 0 Å². The molecule has 1 saturated heterocycles. The molecule has 0 bridgehead atoms. The lowest BCUT2D eigenvalue weighted by atomic mass is 10.1. The monoisotopic (exact) mass is 278 g/mol. The van der Waals surface area contributed by atoms with Crippen molar-refractivity contribution in [3.63, 3.8) is 0 Å². The fourth-order valence-electron chi connectivity index (χ4n) is 3.09. The fourth-order valence-corrected chi connectivity index (χ4v) is 3.09. The summed E-state index contributed by atoms with van der Waals surface area (Å²) in [6.07, 6.45) is 6.16. The van der Waals surface area contributed by atoms with Gasteiger partial charge >= 0.3 is 0 Å². The van der Waals surface area contributed by atoms with Crippen LogP contribution in [0.1, 0.15) is 18.9 Å². The first-order valence-corrected chi connectivity index (χ1v) is 7.50. The van der Waals surface area contributed by atoms with Gasteiger partial charge in [-0.2, -0.15) is 5.10 Å². The summed E-state index contributed by atoms with van der Waals surface area (Å²) in [6.45, 7) is 2.08. The molecule has 1 aliphatic rings. The van der Waals surface area contributed by atoms with Gasteiger partial charge in [0.15, 0.2) is 0 Å². The molecule has 2 aromatic heterocycles. The zero-order chi connectivity index (χ0) is 14.1. The van der Waals surface area contributed by atoms with Crippen LogP contribution in [-0.4, -0.2) is 27.9 Å². The normalized spacial score (nSPS) is 16.5. The summed E-state index contributed by atoms with van der Waals surface area (Å²) in [4.78, 5) is 7.17. The maximum Gasteiger partial charge on any atom is 0.129 e. The second kappa shape index (κ2) is 5.20. The molecular formula is C17H18N4. The first-order valence-electron chi connectivity index (χ1n) is 7.50. The number of anilines is 1. The largest absolute Gasteiger partial charge is 0.356 e. The van der Waals surface area contributed by atoms with Crippen molar-refractivity contribution in [1.29, 1.82) is 0 Å². The van der Waals surface area contributed by atoms with Gasteiger partial charge < -0.3 is 4.90 Å². The number of rotatable bonds is 2. The summed E-state index contributed by atoms with van der Waals surface area (Å²) in [5, 5.41) is 5.56. The maximum atomic E-state index is 4.79. The highest BCUT2D eigenvalue weighted by molar-refractivity contribution is 5.80. The number of hydrogen-bond donors (Lipinski definition) is 0. The van der Waals surface area contributed by atoms with Crippen molar-refractivity contribution in [2.75, 3.05) is 18.0 Å². The number of para-hydroxylation sites is 1. The average molecular weight is 278 g/mol. The van der Waals surface area contributed by atoms with E-state index in [1.54, 1.807) is 0 Å². The number of piperidine rings is 1. The van der Waals surface area contributed by atoms with Crippen LogP contribution in [0.25, 0.3) is 10.9 Å². The third-order valence-corrected chi connectivity index (χ3v) is 4.27. The van der Waals surface area contributed by atoms with E-state index < -0.39 is 0 Å². The third kappa shape index (κ3) is 2.37. The zero-order valence-electron chi connectivity index (χ0n) is 11.9. The first-order chi connectivity index (χ1) is 10.4. The summed E-state index contributed by atoms with van der Waals surface area (Å²) in [5.74, 6) is 1.09. The lowest BCUT2D eigenvalue weighted by Gasteiger charge is -2.33. The molecule has 0 radical (unpaired) electrons. The van der Waals surface area contributed by atoms with Gasteiger partial charge in [-0.25, -0.2) is 4.98 Å². The van der Waals surface area contributed by atoms with Gasteiger partial charge in [-0.3, -0.25) is 4.68 Å². The van der Waals surface area contributed by atoms with E-state index in [2.05, 4.69) is 51.2 Å². The average Bonchev–Trinajstić information content (AvgIpc) is 3.09. The van der Waals surface area contributed by atoms with E-state index in [1.165, 1.54) is 5.39 Å². The number of aromatic nitrogens is 3. The SMILES string of the molecule is c1ccc2nc(N3CCC(n4cccn4)CC3)ccc2c1. The Kier molecular flexibility index (Phi) is 3.07. The summed E-state index contributed by atoms with van der Waals surface area (Å²) in [7, 11) is 0. The third-order valence-electron chi connectivity index (χ3n) is 4.27. The molecule has 1 aliphatic heterocycles. The Morgan fingerprint density at radius 1 is 0.952 bits per heavy atom. The Morgan fingerprint density at radius 3 is 2.62 bits per heavy atom. The quantitative estimate of drug-likeness (QED) is 0.721. The first kappa shape index (κ1) is 12.4. The molecule has 0 unspecified atom stereocenters. The Balaban J connectivity index is 1.52. The molecule has 0 atom stereocenters. The lowest BCUT2D eigenvalue weighted by molar-refractivity contribution is 0.366. The highest BCUT2D eigenvalue weighted by Gasteiger charge is 2.21. The number of hydrogen-bond acceptors (Lipinski definition) is 3. The predicted molar refractivity (Wildman–Crippen MR) is 84.5 cm³/mol. The van der Waals surface area contributed by atoms with E-state index >= 15 is 0 Å². The van der Waals surface area contributed by atoms with Gasteiger partial charge in [-0.15, -0.1) is 0 Å². The Bertz CT molecular complexity index is 727. The Hall–Kier alpha value is -2.36. The van der Waals surface area contributed by atoms with Crippen molar-refractivity contribution >= 4 is 16.7 Å². The van der Waals surface area contributed by atoms with Gasteiger partial charge in [0.25, 0.3) is 0 Å². The van der Waals surface area contributed by atoms with Crippen molar-refractivity contribution < 1.29 is 0 Å². The van der Waals surface area contributed by atoms with Crippen molar-refractivity contribution in [1.82, 2.24) is 14.8 Å². The molecule has 1 fully saturated rings. The molecular weight excluding hydrogens is 260 g/mol. The molecule has 0 saturated carbocycles. The second-order valence-electron chi connectivity index (χ2n) is 5.57. The van der Waals surface area contributed by atoms with Gasteiger partial charge in [0.05, 0.1) is 11.6 Å². The van der Waals surface area contributed by atoms with Crippen LogP contribution in [0.2, 0.25) is 0 Å². The van der Waals surface area contributed by atoms with Crippen LogP contribution in [0.4, 0.5) is 5.82 Å². The molecule has 4 rings (SSSR count). The number of pyridine rings is 1. The van der Waals surface area contributed by atoms with E-state index in [0.29, 0.717) is 6.04 Å². The highest BCUT2D eigenvalue weighted by Crippen LogP contribution is 2.26. The molecule has 3 heterocycles. The zero-order valence-corrected chi connectivity index (χ0v) is 11.9. The fraction of sp³-hybridized carbons (Fsp3) is 0.294. The molecule has 106 valence electrons. The van der Waals surface area contributed by atoms with Crippen LogP contribution < -0.4 is 4.90 Å². The highest BCUT2D eigenvalue weighted by atomic mass is 15.3. The van der Waals surface area contributed by atoms with Crippen molar-refractivity contribution in [2.24, 2.45) is 0 Å². The Morgan fingerprint density at radius 2 is 1.81 bits per heavy atom. The van der Waals surface area contributed by atoms with Gasteiger partial charge in [-0.1, -0.05) is 18.2 Å². The molecule has 0 spiro atoms. The van der Waals surface area contributed by atoms with Crippen LogP contribution in [-0.2, 0) is 0 Å². The Labute approximate surface area is 124 Å². The molecule has 21 heavy (non-hydrogen) atoms.